The Hall–Kier alpha value is -0.810. The van der Waals surface area contributed by atoms with Crippen molar-refractivity contribution in [1.82, 2.24) is 0 Å². The quantitative estimate of drug-likeness (QED) is 0.942. The maximum atomic E-state index is 12.0. The van der Waals surface area contributed by atoms with Gasteiger partial charge >= 0.3 is 0 Å². The van der Waals surface area contributed by atoms with Crippen LogP contribution in [0.2, 0.25) is 5.02 Å². The third-order valence-corrected chi connectivity index (χ3v) is 4.78. The number of hydrogen-bond donors (Lipinski definition) is 1. The van der Waals surface area contributed by atoms with E-state index in [9.17, 15) is 8.42 Å². The van der Waals surface area contributed by atoms with Crippen LogP contribution in [0.15, 0.2) is 41.3 Å². The van der Waals surface area contributed by atoms with Gasteiger partial charge in [0.2, 0.25) is 0 Å². The van der Waals surface area contributed by atoms with E-state index < -0.39 is 9.84 Å². The fourth-order valence-electron chi connectivity index (χ4n) is 1.78. The Morgan fingerprint density at radius 1 is 1.05 bits per heavy atom. The summed E-state index contributed by atoms with van der Waals surface area (Å²) >= 11 is 5.88. The fourth-order valence-corrected chi connectivity index (χ4v) is 3.32. The van der Waals surface area contributed by atoms with Gasteiger partial charge in [0.1, 0.15) is 0 Å². The molecule has 0 saturated heterocycles. The van der Waals surface area contributed by atoms with Gasteiger partial charge < -0.3 is 5.73 Å². The van der Waals surface area contributed by atoms with Crippen molar-refractivity contribution in [2.45, 2.75) is 11.3 Å². The Morgan fingerprint density at radius 3 is 2.37 bits per heavy atom. The Kier molecular flexibility index (Phi) is 5.62. The van der Waals surface area contributed by atoms with Gasteiger partial charge in [0.15, 0.2) is 9.84 Å². The first-order valence-corrected chi connectivity index (χ1v) is 7.68. The van der Waals surface area contributed by atoms with Gasteiger partial charge in [-0.15, -0.1) is 12.4 Å². The number of sulfone groups is 1. The minimum Gasteiger partial charge on any atom is -0.330 e. The molecule has 0 heterocycles. The molecular weight excluding hydrogens is 305 g/mol. The molecule has 0 amide bonds. The molecule has 0 aliphatic heterocycles. The Balaban J connectivity index is 0.00000180. The zero-order valence-electron chi connectivity index (χ0n) is 10.2. The lowest BCUT2D eigenvalue weighted by atomic mass is 10.1. The van der Waals surface area contributed by atoms with E-state index in [2.05, 4.69) is 0 Å². The Morgan fingerprint density at radius 2 is 1.68 bits per heavy atom. The van der Waals surface area contributed by atoms with Crippen LogP contribution in [-0.4, -0.2) is 20.7 Å². The lowest BCUT2D eigenvalue weighted by Gasteiger charge is -2.05. The maximum absolute atomic E-state index is 12.0. The molecule has 0 bridgehead atoms. The van der Waals surface area contributed by atoms with E-state index in [4.69, 9.17) is 17.3 Å². The zero-order valence-corrected chi connectivity index (χ0v) is 12.6. The molecule has 3 nitrogen and oxygen atoms in total. The molecule has 0 fully saturated rings. The molecule has 0 spiro atoms. The standard InChI is InChI=1S/C13H14ClNO2S.ClH/c14-12-4-2-11-9-13(5-3-10(11)8-12)18(16,17)7-1-6-15;/h2-5,8-9H,1,6-7,15H2;1H. The van der Waals surface area contributed by atoms with Crippen LogP contribution in [-0.2, 0) is 9.84 Å². The summed E-state index contributed by atoms with van der Waals surface area (Å²) < 4.78 is 24.0. The number of fused-ring (bicyclic) bond motifs is 1. The second-order valence-corrected chi connectivity index (χ2v) is 6.66. The first-order chi connectivity index (χ1) is 8.53. The summed E-state index contributed by atoms with van der Waals surface area (Å²) in [6.45, 7) is 0.377. The molecule has 2 aromatic carbocycles. The average Bonchev–Trinajstić information content (AvgIpc) is 2.35. The minimum absolute atomic E-state index is 0. The van der Waals surface area contributed by atoms with E-state index in [1.54, 1.807) is 24.3 Å². The highest BCUT2D eigenvalue weighted by Gasteiger charge is 2.13. The molecule has 0 atom stereocenters. The molecule has 0 aromatic heterocycles. The summed E-state index contributed by atoms with van der Waals surface area (Å²) in [4.78, 5) is 0.339. The molecule has 2 N–H and O–H groups in total. The lowest BCUT2D eigenvalue weighted by molar-refractivity contribution is 0.593. The van der Waals surface area contributed by atoms with E-state index in [-0.39, 0.29) is 18.2 Å². The van der Waals surface area contributed by atoms with Gasteiger partial charge in [-0.05, 0) is 48.0 Å². The van der Waals surface area contributed by atoms with Gasteiger partial charge in [0, 0.05) is 5.02 Å². The molecule has 19 heavy (non-hydrogen) atoms. The smallest absolute Gasteiger partial charge is 0.178 e. The molecule has 0 aliphatic carbocycles. The van der Waals surface area contributed by atoms with E-state index in [1.807, 2.05) is 12.1 Å². The van der Waals surface area contributed by atoms with Crippen molar-refractivity contribution >= 4 is 44.6 Å². The summed E-state index contributed by atoms with van der Waals surface area (Å²) in [7, 11) is -3.24. The van der Waals surface area contributed by atoms with E-state index in [0.717, 1.165) is 10.8 Å². The number of nitrogens with two attached hydrogens (primary N) is 1. The van der Waals surface area contributed by atoms with Gasteiger partial charge in [-0.1, -0.05) is 23.7 Å². The zero-order chi connectivity index (χ0) is 13.2. The Bertz CT molecular complexity index is 671. The summed E-state index contributed by atoms with van der Waals surface area (Å²) in [6.07, 6.45) is 0.473. The molecule has 0 radical (unpaired) electrons. The monoisotopic (exact) mass is 319 g/mol. The molecule has 0 aliphatic rings. The molecule has 0 saturated carbocycles. The van der Waals surface area contributed by atoms with Crippen LogP contribution in [0.25, 0.3) is 10.8 Å². The fraction of sp³-hybridized carbons (Fsp3) is 0.231. The highest BCUT2D eigenvalue weighted by molar-refractivity contribution is 7.91. The number of rotatable bonds is 4. The van der Waals surface area contributed by atoms with E-state index >= 15 is 0 Å². The third-order valence-electron chi connectivity index (χ3n) is 2.75. The second kappa shape index (κ2) is 6.57. The normalized spacial score (nSPS) is 11.3. The highest BCUT2D eigenvalue weighted by atomic mass is 35.5. The van der Waals surface area contributed by atoms with Crippen LogP contribution < -0.4 is 5.73 Å². The van der Waals surface area contributed by atoms with Gasteiger partial charge in [-0.2, -0.15) is 0 Å². The van der Waals surface area contributed by atoms with Crippen LogP contribution in [0.5, 0.6) is 0 Å². The summed E-state index contributed by atoms with van der Waals surface area (Å²) in [6, 6.07) is 10.4. The molecule has 2 aromatic rings. The predicted octanol–water partition coefficient (Wildman–Crippen LogP) is 3.04. The number of halogens is 2. The van der Waals surface area contributed by atoms with Crippen LogP contribution in [0.1, 0.15) is 6.42 Å². The van der Waals surface area contributed by atoms with Crippen molar-refractivity contribution in [1.29, 1.82) is 0 Å². The molecule has 6 heteroatoms. The van der Waals surface area contributed by atoms with E-state index in [0.29, 0.717) is 22.9 Å². The maximum Gasteiger partial charge on any atom is 0.178 e. The molecule has 104 valence electrons. The summed E-state index contributed by atoms with van der Waals surface area (Å²) in [5.41, 5.74) is 5.34. The topological polar surface area (TPSA) is 60.2 Å². The highest BCUT2D eigenvalue weighted by Crippen LogP contribution is 2.23. The third kappa shape index (κ3) is 3.83. The van der Waals surface area contributed by atoms with Gasteiger partial charge in [-0.25, -0.2) is 8.42 Å². The van der Waals surface area contributed by atoms with Crippen LogP contribution >= 0.6 is 24.0 Å². The molecular formula is C13H15Cl2NO2S. The van der Waals surface area contributed by atoms with Crippen molar-refractivity contribution in [3.8, 4) is 0 Å². The van der Waals surface area contributed by atoms with Crippen LogP contribution in [0.4, 0.5) is 0 Å². The van der Waals surface area contributed by atoms with Crippen molar-refractivity contribution in [2.24, 2.45) is 5.73 Å². The van der Waals surface area contributed by atoms with Crippen molar-refractivity contribution in [2.75, 3.05) is 12.3 Å². The average molecular weight is 320 g/mol. The molecule has 2 rings (SSSR count). The Labute approximate surface area is 124 Å². The van der Waals surface area contributed by atoms with Crippen molar-refractivity contribution in [3.63, 3.8) is 0 Å². The SMILES string of the molecule is Cl.NCCCS(=O)(=O)c1ccc2cc(Cl)ccc2c1. The first-order valence-electron chi connectivity index (χ1n) is 5.65. The van der Waals surface area contributed by atoms with Gasteiger partial charge in [0.25, 0.3) is 0 Å². The van der Waals surface area contributed by atoms with Crippen LogP contribution in [0.3, 0.4) is 0 Å². The minimum atomic E-state index is -3.24. The van der Waals surface area contributed by atoms with Gasteiger partial charge in [0.05, 0.1) is 10.6 Å². The number of hydrogen-bond acceptors (Lipinski definition) is 3. The first kappa shape index (κ1) is 16.2. The summed E-state index contributed by atoms with van der Waals surface area (Å²) in [5, 5.41) is 2.44. The summed E-state index contributed by atoms with van der Waals surface area (Å²) in [5.74, 6) is 0.0859. The number of benzene rings is 2. The lowest BCUT2D eigenvalue weighted by Crippen LogP contribution is -2.11. The molecule has 0 unspecified atom stereocenters. The largest absolute Gasteiger partial charge is 0.330 e. The van der Waals surface area contributed by atoms with Gasteiger partial charge in [-0.3, -0.25) is 0 Å². The van der Waals surface area contributed by atoms with Crippen molar-refractivity contribution in [3.05, 3.63) is 41.4 Å². The second-order valence-electron chi connectivity index (χ2n) is 4.11. The van der Waals surface area contributed by atoms with E-state index in [1.165, 1.54) is 0 Å². The predicted molar refractivity (Wildman–Crippen MR) is 81.9 cm³/mol. The van der Waals surface area contributed by atoms with Crippen LogP contribution in [0, 0.1) is 0 Å². The van der Waals surface area contributed by atoms with Crippen molar-refractivity contribution < 1.29 is 8.42 Å².